The van der Waals surface area contributed by atoms with Crippen molar-refractivity contribution in [2.24, 2.45) is 11.1 Å². The van der Waals surface area contributed by atoms with E-state index in [0.29, 0.717) is 5.41 Å². The molecule has 0 radical (unpaired) electrons. The summed E-state index contributed by atoms with van der Waals surface area (Å²) in [6, 6.07) is 6.75. The smallest absolute Gasteiger partial charge is 0.00200 e. The van der Waals surface area contributed by atoms with Crippen molar-refractivity contribution >= 4 is 0 Å². The lowest BCUT2D eigenvalue weighted by Gasteiger charge is -2.13. The van der Waals surface area contributed by atoms with E-state index >= 15 is 0 Å². The molecule has 2 heteroatoms. The Morgan fingerprint density at radius 2 is 2.00 bits per heavy atom. The summed E-state index contributed by atoms with van der Waals surface area (Å²) in [5.74, 6) is 0. The molecule has 0 unspecified atom stereocenters. The Balaban J connectivity index is 1.73. The fourth-order valence-corrected chi connectivity index (χ4v) is 2.18. The van der Waals surface area contributed by atoms with E-state index < -0.39 is 0 Å². The third kappa shape index (κ3) is 3.30. The van der Waals surface area contributed by atoms with Crippen LogP contribution in [0.3, 0.4) is 0 Å². The average molecular weight is 232 g/mol. The highest BCUT2D eigenvalue weighted by Crippen LogP contribution is 2.43. The van der Waals surface area contributed by atoms with E-state index in [1.807, 2.05) is 0 Å². The number of nitrogens with two attached hydrogens (primary N) is 1. The molecule has 2 nitrogen and oxygen atoms in total. The fraction of sp³-hybridized carbons (Fsp3) is 0.600. The van der Waals surface area contributed by atoms with Gasteiger partial charge >= 0.3 is 0 Å². The summed E-state index contributed by atoms with van der Waals surface area (Å²) in [4.78, 5) is 0. The molecular formula is C15H24N2. The number of aryl methyl sites for hydroxylation is 2. The zero-order valence-electron chi connectivity index (χ0n) is 11.1. The molecule has 0 amide bonds. The lowest BCUT2D eigenvalue weighted by atomic mass is 10.0. The molecule has 1 fully saturated rings. The van der Waals surface area contributed by atoms with Crippen molar-refractivity contribution in [1.29, 1.82) is 0 Å². The van der Waals surface area contributed by atoms with Gasteiger partial charge in [0.05, 0.1) is 0 Å². The van der Waals surface area contributed by atoms with Crippen LogP contribution in [-0.2, 0) is 6.42 Å². The summed E-state index contributed by atoms with van der Waals surface area (Å²) in [6.07, 6.45) is 3.72. The Labute approximate surface area is 105 Å². The normalized spacial score (nSPS) is 17.1. The number of nitrogens with one attached hydrogen (secondary N) is 1. The maximum absolute atomic E-state index is 5.76. The first kappa shape index (κ1) is 12.6. The Morgan fingerprint density at radius 3 is 2.59 bits per heavy atom. The number of hydrogen-bond acceptors (Lipinski definition) is 2. The second-order valence-corrected chi connectivity index (χ2v) is 5.55. The predicted octanol–water partition coefficient (Wildman–Crippen LogP) is 2.17. The van der Waals surface area contributed by atoms with Crippen LogP contribution in [-0.4, -0.2) is 19.6 Å². The van der Waals surface area contributed by atoms with Gasteiger partial charge in [-0.15, -0.1) is 0 Å². The van der Waals surface area contributed by atoms with Crippen LogP contribution in [0.15, 0.2) is 18.2 Å². The molecule has 1 aromatic carbocycles. The molecule has 1 saturated carbocycles. The van der Waals surface area contributed by atoms with Crippen LogP contribution in [0.4, 0.5) is 0 Å². The summed E-state index contributed by atoms with van der Waals surface area (Å²) < 4.78 is 0. The summed E-state index contributed by atoms with van der Waals surface area (Å²) in [5.41, 5.74) is 10.4. The van der Waals surface area contributed by atoms with Crippen LogP contribution < -0.4 is 11.1 Å². The Hall–Kier alpha value is -0.860. The van der Waals surface area contributed by atoms with Crippen molar-refractivity contribution in [3.8, 4) is 0 Å². The highest BCUT2D eigenvalue weighted by Gasteiger charge is 2.40. The van der Waals surface area contributed by atoms with Gasteiger partial charge in [0.25, 0.3) is 0 Å². The summed E-state index contributed by atoms with van der Waals surface area (Å²) in [5, 5.41) is 3.54. The molecule has 1 aliphatic carbocycles. The third-order valence-electron chi connectivity index (χ3n) is 4.05. The summed E-state index contributed by atoms with van der Waals surface area (Å²) in [6.45, 7) is 7.33. The van der Waals surface area contributed by atoms with Gasteiger partial charge in [0.15, 0.2) is 0 Å². The molecular weight excluding hydrogens is 208 g/mol. The maximum atomic E-state index is 5.76. The minimum atomic E-state index is 0.448. The molecule has 0 bridgehead atoms. The van der Waals surface area contributed by atoms with E-state index in [1.54, 1.807) is 0 Å². The van der Waals surface area contributed by atoms with Crippen LogP contribution in [0, 0.1) is 19.3 Å². The topological polar surface area (TPSA) is 38.0 Å². The summed E-state index contributed by atoms with van der Waals surface area (Å²) in [7, 11) is 0. The zero-order chi connectivity index (χ0) is 12.3. The monoisotopic (exact) mass is 232 g/mol. The minimum Gasteiger partial charge on any atom is -0.330 e. The first-order valence-electron chi connectivity index (χ1n) is 6.62. The van der Waals surface area contributed by atoms with E-state index in [4.69, 9.17) is 5.73 Å². The van der Waals surface area contributed by atoms with E-state index in [-0.39, 0.29) is 0 Å². The van der Waals surface area contributed by atoms with Crippen molar-refractivity contribution in [2.45, 2.75) is 33.1 Å². The second kappa shape index (κ2) is 5.19. The SMILES string of the molecule is Cc1ccc(CCNCC2(CN)CC2)cc1C. The van der Waals surface area contributed by atoms with E-state index in [1.165, 1.54) is 29.5 Å². The molecule has 94 valence electrons. The quantitative estimate of drug-likeness (QED) is 0.738. The van der Waals surface area contributed by atoms with Gasteiger partial charge in [0, 0.05) is 6.54 Å². The second-order valence-electron chi connectivity index (χ2n) is 5.55. The maximum Gasteiger partial charge on any atom is 0.00200 e. The lowest BCUT2D eigenvalue weighted by molar-refractivity contribution is 0.470. The lowest BCUT2D eigenvalue weighted by Crippen LogP contribution is -2.30. The van der Waals surface area contributed by atoms with Crippen molar-refractivity contribution in [3.05, 3.63) is 34.9 Å². The molecule has 1 aliphatic rings. The highest BCUT2D eigenvalue weighted by molar-refractivity contribution is 5.30. The largest absolute Gasteiger partial charge is 0.330 e. The Kier molecular flexibility index (Phi) is 3.85. The van der Waals surface area contributed by atoms with Gasteiger partial charge in [-0.2, -0.15) is 0 Å². The van der Waals surface area contributed by atoms with Gasteiger partial charge in [-0.3, -0.25) is 0 Å². The molecule has 0 atom stereocenters. The van der Waals surface area contributed by atoms with Gasteiger partial charge < -0.3 is 11.1 Å². The summed E-state index contributed by atoms with van der Waals surface area (Å²) >= 11 is 0. The Morgan fingerprint density at radius 1 is 1.24 bits per heavy atom. The first-order chi connectivity index (χ1) is 8.15. The number of hydrogen-bond donors (Lipinski definition) is 2. The van der Waals surface area contributed by atoms with Crippen molar-refractivity contribution in [1.82, 2.24) is 5.32 Å². The molecule has 0 aliphatic heterocycles. The van der Waals surface area contributed by atoms with Crippen LogP contribution >= 0.6 is 0 Å². The van der Waals surface area contributed by atoms with Crippen LogP contribution in [0.25, 0.3) is 0 Å². The van der Waals surface area contributed by atoms with E-state index in [2.05, 4.69) is 37.4 Å². The van der Waals surface area contributed by atoms with E-state index in [0.717, 1.165) is 26.1 Å². The van der Waals surface area contributed by atoms with Gasteiger partial charge in [0.2, 0.25) is 0 Å². The molecule has 17 heavy (non-hydrogen) atoms. The molecule has 0 saturated heterocycles. The van der Waals surface area contributed by atoms with Crippen LogP contribution in [0.5, 0.6) is 0 Å². The fourth-order valence-electron chi connectivity index (χ4n) is 2.18. The zero-order valence-corrected chi connectivity index (χ0v) is 11.1. The van der Waals surface area contributed by atoms with Crippen molar-refractivity contribution < 1.29 is 0 Å². The van der Waals surface area contributed by atoms with Crippen LogP contribution in [0.2, 0.25) is 0 Å². The molecule has 0 heterocycles. The van der Waals surface area contributed by atoms with Gasteiger partial charge in [-0.25, -0.2) is 0 Å². The first-order valence-corrected chi connectivity index (χ1v) is 6.62. The molecule has 2 rings (SSSR count). The molecule has 0 aromatic heterocycles. The molecule has 3 N–H and O–H groups in total. The van der Waals surface area contributed by atoms with Gasteiger partial charge in [-0.05, 0) is 68.3 Å². The van der Waals surface area contributed by atoms with Crippen molar-refractivity contribution in [3.63, 3.8) is 0 Å². The average Bonchev–Trinajstić information content (AvgIpc) is 3.10. The molecule has 1 aromatic rings. The van der Waals surface area contributed by atoms with Crippen LogP contribution in [0.1, 0.15) is 29.5 Å². The molecule has 0 spiro atoms. The number of benzene rings is 1. The Bertz CT molecular complexity index is 381. The van der Waals surface area contributed by atoms with Crippen molar-refractivity contribution in [2.75, 3.05) is 19.6 Å². The number of rotatable bonds is 6. The third-order valence-corrected chi connectivity index (χ3v) is 4.05. The van der Waals surface area contributed by atoms with Gasteiger partial charge in [0.1, 0.15) is 0 Å². The van der Waals surface area contributed by atoms with E-state index in [9.17, 15) is 0 Å². The highest BCUT2D eigenvalue weighted by atomic mass is 14.9. The predicted molar refractivity (Wildman–Crippen MR) is 73.2 cm³/mol. The van der Waals surface area contributed by atoms with Gasteiger partial charge in [-0.1, -0.05) is 18.2 Å². The minimum absolute atomic E-state index is 0.448. The standard InChI is InChI=1S/C15H24N2/c1-12-3-4-14(9-13(12)2)5-8-17-11-15(10-16)6-7-15/h3-4,9,17H,5-8,10-11,16H2,1-2H3.